The maximum absolute atomic E-state index is 6.58. The number of rotatable bonds is 6. The van der Waals surface area contributed by atoms with E-state index in [1.54, 1.807) is 13.3 Å². The topological polar surface area (TPSA) is 53.1 Å². The van der Waals surface area contributed by atoms with E-state index in [2.05, 4.69) is 12.0 Å². The molecule has 1 atom stereocenters. The summed E-state index contributed by atoms with van der Waals surface area (Å²) in [7, 11) is 1.69. The number of aromatic nitrogens is 2. The quantitative estimate of drug-likeness (QED) is 0.873. The number of hydrogen-bond acceptors (Lipinski definition) is 3. The first-order valence-corrected chi connectivity index (χ1v) is 7.48. The van der Waals surface area contributed by atoms with Gasteiger partial charge in [0.2, 0.25) is 0 Å². The predicted molar refractivity (Wildman–Crippen MR) is 77.2 cm³/mol. The molecule has 2 rings (SSSR count). The van der Waals surface area contributed by atoms with Gasteiger partial charge in [-0.2, -0.15) is 5.10 Å². The Hall–Kier alpha value is -0.580. The van der Waals surface area contributed by atoms with Crippen LogP contribution < -0.4 is 5.73 Å². The van der Waals surface area contributed by atoms with Gasteiger partial charge in [-0.3, -0.25) is 4.68 Å². The third kappa shape index (κ3) is 2.81. The number of nitrogens with zero attached hydrogens (tertiary/aromatic N) is 2. The fraction of sp³-hybridized carbons (Fsp3) is 0.786. The maximum Gasteiger partial charge on any atom is 0.0834 e. The smallest absolute Gasteiger partial charge is 0.0834 e. The highest BCUT2D eigenvalue weighted by molar-refractivity contribution is 6.31. The van der Waals surface area contributed by atoms with Crippen LogP contribution in [-0.2, 0) is 11.3 Å². The number of nitrogens with two attached hydrogens (primary N) is 1. The lowest BCUT2D eigenvalue weighted by molar-refractivity contribution is 0.174. The van der Waals surface area contributed by atoms with Crippen LogP contribution in [0.5, 0.6) is 0 Å². The molecule has 1 aliphatic rings. The largest absolute Gasteiger partial charge is 0.383 e. The van der Waals surface area contributed by atoms with E-state index in [1.165, 1.54) is 25.7 Å². The summed E-state index contributed by atoms with van der Waals surface area (Å²) in [4.78, 5) is 0. The van der Waals surface area contributed by atoms with Crippen LogP contribution in [0.25, 0.3) is 0 Å². The van der Waals surface area contributed by atoms with Gasteiger partial charge in [-0.25, -0.2) is 0 Å². The van der Waals surface area contributed by atoms with Gasteiger partial charge in [-0.1, -0.05) is 31.4 Å². The molecule has 108 valence electrons. The van der Waals surface area contributed by atoms with Gasteiger partial charge in [0, 0.05) is 7.11 Å². The van der Waals surface area contributed by atoms with Crippen molar-refractivity contribution in [3.05, 3.63) is 16.9 Å². The highest BCUT2D eigenvalue weighted by atomic mass is 35.5. The van der Waals surface area contributed by atoms with Gasteiger partial charge in [-0.15, -0.1) is 0 Å². The molecular weight excluding hydrogens is 262 g/mol. The average Bonchev–Trinajstić information content (AvgIpc) is 3.03. The van der Waals surface area contributed by atoms with E-state index in [1.807, 2.05) is 4.68 Å². The zero-order chi connectivity index (χ0) is 13.9. The van der Waals surface area contributed by atoms with E-state index >= 15 is 0 Å². The molecule has 1 fully saturated rings. The van der Waals surface area contributed by atoms with Gasteiger partial charge in [0.25, 0.3) is 0 Å². The fourth-order valence-corrected chi connectivity index (χ4v) is 3.55. The Kier molecular flexibility index (Phi) is 4.87. The average molecular weight is 286 g/mol. The molecule has 2 N–H and O–H groups in total. The summed E-state index contributed by atoms with van der Waals surface area (Å²) in [5.74, 6) is 0. The molecule has 0 spiro atoms. The van der Waals surface area contributed by atoms with Gasteiger partial charge in [0.05, 0.1) is 36.1 Å². The molecule has 1 saturated carbocycles. The van der Waals surface area contributed by atoms with Crippen molar-refractivity contribution in [3.8, 4) is 0 Å². The second kappa shape index (κ2) is 6.25. The van der Waals surface area contributed by atoms with Crippen molar-refractivity contribution in [3.63, 3.8) is 0 Å². The van der Waals surface area contributed by atoms with Crippen LogP contribution in [0.15, 0.2) is 6.20 Å². The molecule has 0 bridgehead atoms. The molecule has 1 aliphatic carbocycles. The molecule has 0 radical (unpaired) electrons. The Balaban J connectivity index is 2.26. The summed E-state index contributed by atoms with van der Waals surface area (Å²) in [6.07, 6.45) is 7.72. The van der Waals surface area contributed by atoms with E-state index in [-0.39, 0.29) is 11.5 Å². The standard InChI is InChI=1S/C14H24ClN3O/c1-3-14(6-4-5-7-14)13(16)12-11(15)10-17-18(12)8-9-19-2/h10,13H,3-9,16H2,1-2H3. The summed E-state index contributed by atoms with van der Waals surface area (Å²) in [5, 5.41) is 5.02. The van der Waals surface area contributed by atoms with Gasteiger partial charge >= 0.3 is 0 Å². The Morgan fingerprint density at radius 1 is 1.53 bits per heavy atom. The molecule has 4 nitrogen and oxygen atoms in total. The molecule has 0 aromatic carbocycles. The SMILES string of the molecule is CCC1(C(N)c2c(Cl)cnn2CCOC)CCCC1. The van der Waals surface area contributed by atoms with Crippen LogP contribution in [0.2, 0.25) is 5.02 Å². The van der Waals surface area contributed by atoms with Crippen molar-refractivity contribution >= 4 is 11.6 Å². The van der Waals surface area contributed by atoms with Crippen LogP contribution >= 0.6 is 11.6 Å². The summed E-state index contributed by atoms with van der Waals surface area (Å²) < 4.78 is 7.03. The second-order valence-electron chi connectivity index (χ2n) is 5.49. The maximum atomic E-state index is 6.58. The fourth-order valence-electron chi connectivity index (χ4n) is 3.29. The summed E-state index contributed by atoms with van der Waals surface area (Å²) in [5.41, 5.74) is 7.74. The van der Waals surface area contributed by atoms with E-state index in [0.717, 1.165) is 12.1 Å². The first kappa shape index (κ1) is 14.8. The molecular formula is C14H24ClN3O. The van der Waals surface area contributed by atoms with E-state index in [4.69, 9.17) is 22.1 Å². The molecule has 0 saturated heterocycles. The van der Waals surface area contributed by atoms with Crippen LogP contribution in [-0.4, -0.2) is 23.5 Å². The van der Waals surface area contributed by atoms with Crippen LogP contribution in [0.4, 0.5) is 0 Å². The summed E-state index contributed by atoms with van der Waals surface area (Å²) in [6.45, 7) is 3.55. The highest BCUT2D eigenvalue weighted by Crippen LogP contribution is 2.49. The lowest BCUT2D eigenvalue weighted by atomic mass is 9.75. The first-order chi connectivity index (χ1) is 9.14. The van der Waals surface area contributed by atoms with E-state index < -0.39 is 0 Å². The van der Waals surface area contributed by atoms with Gasteiger partial charge in [-0.05, 0) is 24.7 Å². The highest BCUT2D eigenvalue weighted by Gasteiger charge is 2.40. The number of ether oxygens (including phenoxy) is 1. The molecule has 5 heteroatoms. The van der Waals surface area contributed by atoms with Crippen LogP contribution in [0.1, 0.15) is 50.8 Å². The minimum absolute atomic E-state index is 0.0353. The van der Waals surface area contributed by atoms with Crippen molar-refractivity contribution in [2.45, 2.75) is 51.6 Å². The zero-order valence-corrected chi connectivity index (χ0v) is 12.6. The molecule has 19 heavy (non-hydrogen) atoms. The number of hydrogen-bond donors (Lipinski definition) is 1. The minimum Gasteiger partial charge on any atom is -0.383 e. The molecule has 1 aromatic rings. The van der Waals surface area contributed by atoms with Crippen molar-refractivity contribution in [2.24, 2.45) is 11.1 Å². The van der Waals surface area contributed by atoms with Gasteiger partial charge < -0.3 is 10.5 Å². The third-order valence-corrected chi connectivity index (χ3v) is 4.89. The van der Waals surface area contributed by atoms with Gasteiger partial charge in [0.1, 0.15) is 0 Å². The minimum atomic E-state index is -0.0353. The Labute approximate surface area is 120 Å². The van der Waals surface area contributed by atoms with E-state index in [0.29, 0.717) is 18.2 Å². The zero-order valence-electron chi connectivity index (χ0n) is 11.9. The lowest BCUT2D eigenvalue weighted by Crippen LogP contribution is -2.34. The molecule has 1 unspecified atom stereocenters. The third-order valence-electron chi connectivity index (χ3n) is 4.60. The Morgan fingerprint density at radius 2 is 2.21 bits per heavy atom. The summed E-state index contributed by atoms with van der Waals surface area (Å²) >= 11 is 6.31. The number of halogens is 1. The van der Waals surface area contributed by atoms with Crippen LogP contribution in [0.3, 0.4) is 0 Å². The van der Waals surface area contributed by atoms with Crippen LogP contribution in [0, 0.1) is 5.41 Å². The second-order valence-corrected chi connectivity index (χ2v) is 5.90. The molecule has 1 heterocycles. The molecule has 0 amide bonds. The lowest BCUT2D eigenvalue weighted by Gasteiger charge is -2.34. The molecule has 1 aromatic heterocycles. The predicted octanol–water partition coefficient (Wildman–Crippen LogP) is 3.15. The normalized spacial score (nSPS) is 19.8. The van der Waals surface area contributed by atoms with Crippen molar-refractivity contribution in [1.82, 2.24) is 9.78 Å². The summed E-state index contributed by atoms with van der Waals surface area (Å²) in [6, 6.07) is -0.0353. The van der Waals surface area contributed by atoms with E-state index in [9.17, 15) is 0 Å². The molecule has 0 aliphatic heterocycles. The Morgan fingerprint density at radius 3 is 2.79 bits per heavy atom. The van der Waals surface area contributed by atoms with Crippen molar-refractivity contribution in [1.29, 1.82) is 0 Å². The van der Waals surface area contributed by atoms with Crippen molar-refractivity contribution in [2.75, 3.05) is 13.7 Å². The monoisotopic (exact) mass is 285 g/mol. The van der Waals surface area contributed by atoms with Gasteiger partial charge in [0.15, 0.2) is 0 Å². The Bertz CT molecular complexity index is 413. The van der Waals surface area contributed by atoms with Crippen molar-refractivity contribution < 1.29 is 4.74 Å². The first-order valence-electron chi connectivity index (χ1n) is 7.10. The number of methoxy groups -OCH3 is 1.